The van der Waals surface area contributed by atoms with Crippen LogP contribution in [0.5, 0.6) is 0 Å². The molecule has 1 saturated carbocycles. The lowest BCUT2D eigenvalue weighted by molar-refractivity contribution is 0.689. The molecule has 1 aromatic heterocycles. The lowest BCUT2D eigenvalue weighted by atomic mass is 10.2. The molecule has 1 aliphatic rings. The largest absolute Gasteiger partial charge is 0.367 e. The van der Waals surface area contributed by atoms with Gasteiger partial charge in [-0.25, -0.2) is 9.97 Å². The molecular weight excluding hydrogens is 210 g/mol. The molecule has 1 aromatic rings. The molecule has 15 heavy (non-hydrogen) atoms. The molecule has 82 valence electrons. The fourth-order valence-corrected chi connectivity index (χ4v) is 1.84. The number of halogens is 1. The molecule has 3 nitrogen and oxygen atoms in total. The second kappa shape index (κ2) is 4.35. The summed E-state index contributed by atoms with van der Waals surface area (Å²) in [6.45, 7) is 4.22. The van der Waals surface area contributed by atoms with Crippen molar-refractivity contribution in [3.8, 4) is 0 Å². The first-order chi connectivity index (χ1) is 7.19. The van der Waals surface area contributed by atoms with E-state index < -0.39 is 0 Å². The summed E-state index contributed by atoms with van der Waals surface area (Å²) in [4.78, 5) is 8.53. The van der Waals surface area contributed by atoms with Gasteiger partial charge >= 0.3 is 0 Å². The van der Waals surface area contributed by atoms with Crippen molar-refractivity contribution in [1.29, 1.82) is 0 Å². The first-order valence-electron chi connectivity index (χ1n) is 5.49. The summed E-state index contributed by atoms with van der Waals surface area (Å²) < 4.78 is 0. The predicted octanol–water partition coefficient (Wildman–Crippen LogP) is 2.90. The molecule has 0 bridgehead atoms. The fraction of sp³-hybridized carbons (Fsp3) is 0.636. The fourth-order valence-electron chi connectivity index (χ4n) is 1.64. The Hall–Kier alpha value is -0.830. The van der Waals surface area contributed by atoms with Crippen molar-refractivity contribution in [1.82, 2.24) is 9.97 Å². The van der Waals surface area contributed by atoms with Gasteiger partial charge in [-0.3, -0.25) is 0 Å². The molecule has 4 heteroatoms. The lowest BCUT2D eigenvalue weighted by Crippen LogP contribution is -2.18. The van der Waals surface area contributed by atoms with Crippen LogP contribution in [0.1, 0.15) is 32.5 Å². The third kappa shape index (κ3) is 2.81. The van der Waals surface area contributed by atoms with Gasteiger partial charge in [-0.05, 0) is 25.7 Å². The Labute approximate surface area is 95.3 Å². The molecule has 1 fully saturated rings. The highest BCUT2D eigenvalue weighted by Gasteiger charge is 2.28. The summed E-state index contributed by atoms with van der Waals surface area (Å²) >= 11 is 5.92. The molecule has 0 amide bonds. The van der Waals surface area contributed by atoms with Gasteiger partial charge in [0, 0.05) is 18.5 Å². The number of nitrogens with zero attached hydrogens (tertiary/aromatic N) is 2. The molecule has 2 rings (SSSR count). The molecule has 1 N–H and O–H groups in total. The van der Waals surface area contributed by atoms with Gasteiger partial charge in [0.2, 0.25) is 0 Å². The van der Waals surface area contributed by atoms with Crippen molar-refractivity contribution in [3.05, 3.63) is 17.0 Å². The van der Waals surface area contributed by atoms with Gasteiger partial charge in [0.1, 0.15) is 16.8 Å². The number of hydrogen-bond acceptors (Lipinski definition) is 3. The van der Waals surface area contributed by atoms with E-state index >= 15 is 0 Å². The van der Waals surface area contributed by atoms with Crippen LogP contribution in [0.15, 0.2) is 6.07 Å². The molecule has 0 saturated heterocycles. The Morgan fingerprint density at radius 1 is 1.53 bits per heavy atom. The summed E-state index contributed by atoms with van der Waals surface area (Å²) in [7, 11) is 0. The van der Waals surface area contributed by atoms with Crippen molar-refractivity contribution < 1.29 is 0 Å². The van der Waals surface area contributed by atoms with Crippen LogP contribution < -0.4 is 5.32 Å². The van der Waals surface area contributed by atoms with E-state index in [2.05, 4.69) is 22.2 Å². The van der Waals surface area contributed by atoms with Crippen molar-refractivity contribution in [2.75, 3.05) is 5.32 Å². The van der Waals surface area contributed by atoms with E-state index in [1.54, 1.807) is 6.07 Å². The maximum atomic E-state index is 5.92. The maximum absolute atomic E-state index is 5.92. The zero-order valence-corrected chi connectivity index (χ0v) is 9.88. The maximum Gasteiger partial charge on any atom is 0.134 e. The molecule has 1 unspecified atom stereocenters. The van der Waals surface area contributed by atoms with Crippen molar-refractivity contribution >= 4 is 17.4 Å². The van der Waals surface area contributed by atoms with E-state index in [0.29, 0.717) is 11.2 Å². The number of aromatic nitrogens is 2. The van der Waals surface area contributed by atoms with Gasteiger partial charge in [-0.2, -0.15) is 0 Å². The number of aryl methyl sites for hydroxylation is 1. The van der Waals surface area contributed by atoms with Gasteiger partial charge in [0.15, 0.2) is 0 Å². The van der Waals surface area contributed by atoms with E-state index in [9.17, 15) is 0 Å². The quantitative estimate of drug-likeness (QED) is 0.801. The summed E-state index contributed by atoms with van der Waals surface area (Å²) in [5.74, 6) is 2.46. The van der Waals surface area contributed by atoms with Gasteiger partial charge in [0.25, 0.3) is 0 Å². The predicted molar refractivity (Wildman–Crippen MR) is 62.2 cm³/mol. The highest BCUT2D eigenvalue weighted by molar-refractivity contribution is 6.29. The van der Waals surface area contributed by atoms with Crippen LogP contribution in [0.3, 0.4) is 0 Å². The van der Waals surface area contributed by atoms with Crippen LogP contribution in [0.2, 0.25) is 5.15 Å². The topological polar surface area (TPSA) is 37.8 Å². The van der Waals surface area contributed by atoms with Crippen LogP contribution >= 0.6 is 11.6 Å². The van der Waals surface area contributed by atoms with Crippen LogP contribution in [-0.4, -0.2) is 16.0 Å². The molecular formula is C11H16ClN3. The molecule has 1 atom stereocenters. The van der Waals surface area contributed by atoms with Crippen molar-refractivity contribution in [2.24, 2.45) is 5.92 Å². The van der Waals surface area contributed by atoms with E-state index in [-0.39, 0.29) is 0 Å². The number of rotatable bonds is 4. The Bertz CT molecular complexity index is 350. The number of hydrogen-bond donors (Lipinski definition) is 1. The smallest absolute Gasteiger partial charge is 0.134 e. The Morgan fingerprint density at radius 3 is 2.87 bits per heavy atom. The highest BCUT2D eigenvalue weighted by atomic mass is 35.5. The zero-order valence-electron chi connectivity index (χ0n) is 9.13. The van der Waals surface area contributed by atoms with E-state index in [1.165, 1.54) is 12.8 Å². The number of anilines is 1. The van der Waals surface area contributed by atoms with Gasteiger partial charge in [0.05, 0.1) is 0 Å². The number of nitrogens with one attached hydrogen (secondary N) is 1. The minimum atomic E-state index is 0.487. The highest BCUT2D eigenvalue weighted by Crippen LogP contribution is 2.33. The third-order valence-corrected chi connectivity index (χ3v) is 2.96. The third-order valence-electron chi connectivity index (χ3n) is 2.76. The van der Waals surface area contributed by atoms with Gasteiger partial charge in [-0.1, -0.05) is 18.5 Å². The summed E-state index contributed by atoms with van der Waals surface area (Å²) in [6.07, 6.45) is 3.47. The van der Waals surface area contributed by atoms with Crippen LogP contribution in [-0.2, 0) is 6.42 Å². The van der Waals surface area contributed by atoms with Gasteiger partial charge < -0.3 is 5.32 Å². The minimum absolute atomic E-state index is 0.487. The van der Waals surface area contributed by atoms with Crippen LogP contribution in [0.4, 0.5) is 5.82 Å². The first-order valence-corrected chi connectivity index (χ1v) is 5.87. The SMILES string of the molecule is CCc1nc(Cl)cc(NC(C)C2CC2)n1. The Kier molecular flexibility index (Phi) is 3.10. The van der Waals surface area contributed by atoms with Crippen LogP contribution in [0.25, 0.3) is 0 Å². The van der Waals surface area contributed by atoms with Crippen molar-refractivity contribution in [3.63, 3.8) is 0 Å². The molecule has 0 spiro atoms. The van der Waals surface area contributed by atoms with E-state index in [4.69, 9.17) is 11.6 Å². The minimum Gasteiger partial charge on any atom is -0.367 e. The molecule has 0 radical (unpaired) electrons. The molecule has 1 aliphatic carbocycles. The summed E-state index contributed by atoms with van der Waals surface area (Å²) in [5, 5.41) is 3.90. The van der Waals surface area contributed by atoms with Gasteiger partial charge in [-0.15, -0.1) is 0 Å². The average Bonchev–Trinajstić information content (AvgIpc) is 2.99. The van der Waals surface area contributed by atoms with E-state index in [1.807, 2.05) is 6.92 Å². The summed E-state index contributed by atoms with van der Waals surface area (Å²) in [5.41, 5.74) is 0. The van der Waals surface area contributed by atoms with E-state index in [0.717, 1.165) is 24.0 Å². The normalized spacial score (nSPS) is 17.5. The molecule has 1 heterocycles. The Morgan fingerprint density at radius 2 is 2.27 bits per heavy atom. The molecule has 0 aliphatic heterocycles. The second-order valence-electron chi connectivity index (χ2n) is 4.12. The average molecular weight is 226 g/mol. The van der Waals surface area contributed by atoms with Crippen molar-refractivity contribution in [2.45, 2.75) is 39.2 Å². The first kappa shape index (κ1) is 10.7. The zero-order chi connectivity index (χ0) is 10.8. The monoisotopic (exact) mass is 225 g/mol. The Balaban J connectivity index is 2.08. The summed E-state index contributed by atoms with van der Waals surface area (Å²) in [6, 6.07) is 2.28. The van der Waals surface area contributed by atoms with Crippen LogP contribution in [0, 0.1) is 5.92 Å². The molecule has 0 aromatic carbocycles. The lowest BCUT2D eigenvalue weighted by Gasteiger charge is -2.13. The second-order valence-corrected chi connectivity index (χ2v) is 4.50. The standard InChI is InChI=1S/C11H16ClN3/c1-3-10-14-9(12)6-11(15-10)13-7(2)8-4-5-8/h6-8H,3-5H2,1-2H3,(H,13,14,15).